The summed E-state index contributed by atoms with van der Waals surface area (Å²) in [6, 6.07) is 5.01. The van der Waals surface area contributed by atoms with Crippen LogP contribution in [0.3, 0.4) is 0 Å². The predicted molar refractivity (Wildman–Crippen MR) is 119 cm³/mol. The molecule has 0 N–H and O–H groups in total. The molecular weight excluding hydrogens is 355 g/mol. The lowest BCUT2D eigenvalue weighted by molar-refractivity contribution is 0.00578. The maximum Gasteiger partial charge on any atom is 0.495 e. The highest BCUT2D eigenvalue weighted by atomic mass is 29.6. The monoisotopic (exact) mass is 390 g/mol. The van der Waals surface area contributed by atoms with E-state index in [0.29, 0.717) is 0 Å². The lowest BCUT2D eigenvalue weighted by atomic mass is 9.76. The molecule has 0 aliphatic carbocycles. The fourth-order valence-electron chi connectivity index (χ4n) is 4.44. The van der Waals surface area contributed by atoms with Crippen LogP contribution in [0.1, 0.15) is 33.3 Å². The summed E-state index contributed by atoms with van der Waals surface area (Å²) in [5.74, 6) is 0. The first-order valence-corrected chi connectivity index (χ1v) is 20.6. The van der Waals surface area contributed by atoms with E-state index in [1.54, 1.807) is 10.4 Å². The number of fused-ring (bicyclic) bond motifs is 1. The summed E-state index contributed by atoms with van der Waals surface area (Å²) in [6.07, 6.45) is 0. The van der Waals surface area contributed by atoms with Crippen molar-refractivity contribution in [3.63, 3.8) is 0 Å². The predicted octanol–water partition coefficient (Wildman–Crippen LogP) is 3.00. The highest BCUT2D eigenvalue weighted by Gasteiger charge is 2.61. The van der Waals surface area contributed by atoms with Crippen molar-refractivity contribution in [2.24, 2.45) is 0 Å². The van der Waals surface area contributed by atoms with Crippen LogP contribution in [-0.4, -0.2) is 40.6 Å². The van der Waals surface area contributed by atoms with Crippen LogP contribution in [0.2, 0.25) is 39.3 Å². The Labute approximate surface area is 157 Å². The maximum absolute atomic E-state index is 6.38. The molecule has 0 amide bonds. The molecule has 0 spiro atoms. The van der Waals surface area contributed by atoms with Crippen molar-refractivity contribution in [1.82, 2.24) is 0 Å². The zero-order chi connectivity index (χ0) is 19.2. The average molecular weight is 391 g/mol. The van der Waals surface area contributed by atoms with Crippen molar-refractivity contribution < 1.29 is 9.31 Å². The second kappa shape index (κ2) is 5.22. The Kier molecular flexibility index (Phi) is 4.10. The topological polar surface area (TPSA) is 18.5 Å². The molecule has 25 heavy (non-hydrogen) atoms. The van der Waals surface area contributed by atoms with E-state index in [4.69, 9.17) is 9.31 Å². The van der Waals surface area contributed by atoms with Crippen LogP contribution in [0.5, 0.6) is 0 Å². The number of hydrogen-bond acceptors (Lipinski definition) is 2. The number of rotatable bonds is 1. The second-order valence-electron chi connectivity index (χ2n) is 10.7. The van der Waals surface area contributed by atoms with Gasteiger partial charge in [-0.3, -0.25) is 0 Å². The summed E-state index contributed by atoms with van der Waals surface area (Å²) < 4.78 is 12.8. The largest absolute Gasteiger partial charge is 0.495 e. The van der Waals surface area contributed by atoms with E-state index < -0.39 is 22.3 Å². The van der Waals surface area contributed by atoms with Gasteiger partial charge in [0.2, 0.25) is 0 Å². The highest BCUT2D eigenvalue weighted by Crippen LogP contribution is 2.37. The molecular formula is C19H35BO2Si3. The Hall–Kier alpha value is -0.144. The minimum absolute atomic E-state index is 0.241. The third kappa shape index (κ3) is 2.40. The van der Waals surface area contributed by atoms with Crippen LogP contribution in [-0.2, 0) is 9.31 Å². The zero-order valence-electron chi connectivity index (χ0n) is 18.0. The van der Waals surface area contributed by atoms with Crippen LogP contribution in [0.25, 0.3) is 0 Å². The molecule has 1 saturated heterocycles. The van der Waals surface area contributed by atoms with Gasteiger partial charge in [-0.1, -0.05) is 67.4 Å². The Morgan fingerprint density at radius 2 is 1.16 bits per heavy atom. The van der Waals surface area contributed by atoms with E-state index in [0.717, 1.165) is 0 Å². The third-order valence-electron chi connectivity index (χ3n) is 8.39. The van der Waals surface area contributed by atoms with Crippen LogP contribution in [0.4, 0.5) is 0 Å². The van der Waals surface area contributed by atoms with Gasteiger partial charge in [0.15, 0.2) is 0 Å². The molecule has 0 unspecified atom stereocenters. The van der Waals surface area contributed by atoms with Gasteiger partial charge in [0.25, 0.3) is 0 Å². The van der Waals surface area contributed by atoms with E-state index >= 15 is 0 Å². The van der Waals surface area contributed by atoms with Crippen molar-refractivity contribution in [3.05, 3.63) is 17.7 Å². The lowest BCUT2D eigenvalue weighted by Crippen LogP contribution is -2.68. The normalized spacial score (nSPS) is 27.4. The van der Waals surface area contributed by atoms with Gasteiger partial charge in [0.05, 0.1) is 26.4 Å². The number of hydrogen-bond donors (Lipinski definition) is 0. The first kappa shape index (κ1) is 19.6. The van der Waals surface area contributed by atoms with Gasteiger partial charge >= 0.3 is 7.12 Å². The third-order valence-corrected chi connectivity index (χ3v) is 50.0. The molecule has 2 heterocycles. The molecule has 2 nitrogen and oxygen atoms in total. The van der Waals surface area contributed by atoms with Crippen molar-refractivity contribution in [2.45, 2.75) is 85.1 Å². The molecule has 2 aliphatic rings. The van der Waals surface area contributed by atoms with Gasteiger partial charge in [-0.2, -0.15) is 0 Å². The molecule has 0 saturated carbocycles. The quantitative estimate of drug-likeness (QED) is 0.687. The fraction of sp³-hybridized carbons (Fsp3) is 0.684. The first-order chi connectivity index (χ1) is 11.1. The summed E-state index contributed by atoms with van der Waals surface area (Å²) >= 11 is 0. The van der Waals surface area contributed by atoms with Gasteiger partial charge in [-0.25, -0.2) is 0 Å². The molecule has 2 aliphatic heterocycles. The molecule has 1 fully saturated rings. The Bertz CT molecular complexity index is 722. The summed E-state index contributed by atoms with van der Waals surface area (Å²) in [5, 5.41) is 3.44. The van der Waals surface area contributed by atoms with Gasteiger partial charge in [0, 0.05) is 7.11 Å². The van der Waals surface area contributed by atoms with E-state index in [2.05, 4.69) is 86.0 Å². The van der Waals surface area contributed by atoms with E-state index in [9.17, 15) is 0 Å². The zero-order valence-corrected chi connectivity index (χ0v) is 21.0. The van der Waals surface area contributed by atoms with Crippen molar-refractivity contribution in [1.29, 1.82) is 0 Å². The fourth-order valence-corrected chi connectivity index (χ4v) is 39.0. The van der Waals surface area contributed by atoms with Crippen LogP contribution >= 0.6 is 0 Å². The molecule has 1 aromatic rings. The summed E-state index contributed by atoms with van der Waals surface area (Å²) in [7, 11) is -4.25. The summed E-state index contributed by atoms with van der Waals surface area (Å²) in [4.78, 5) is 0. The van der Waals surface area contributed by atoms with Crippen molar-refractivity contribution in [3.8, 4) is 0 Å². The van der Waals surface area contributed by atoms with Gasteiger partial charge in [-0.05, 0) is 40.1 Å². The molecule has 6 heteroatoms. The second-order valence-corrected chi connectivity index (χ2v) is 38.0. The molecule has 0 bridgehead atoms. The highest BCUT2D eigenvalue weighted by molar-refractivity contribution is 7.76. The minimum Gasteiger partial charge on any atom is -0.399 e. The van der Waals surface area contributed by atoms with Crippen LogP contribution in [0.15, 0.2) is 12.1 Å². The van der Waals surface area contributed by atoms with E-state index in [1.165, 1.54) is 11.0 Å². The molecule has 0 atom stereocenters. The SMILES string of the molecule is Cc1cc2c(cc1B1OC(C)(C)C(C)(C)O1)[Si](C)(C)[Si](C)(C)[Si]2(C)C. The minimum atomic E-state index is -1.41. The average Bonchev–Trinajstić information content (AvgIpc) is 2.70. The first-order valence-electron chi connectivity index (χ1n) is 9.57. The van der Waals surface area contributed by atoms with Crippen molar-refractivity contribution in [2.75, 3.05) is 0 Å². The molecule has 1 aromatic carbocycles. The standard InChI is InChI=1S/C19H35BO2Si3/c1-14-12-16-17(24(8,9)25(10,11)23(16,6)7)13-15(14)20-21-18(2,3)19(4,5)22-20/h12-13H,1-11H3. The molecule has 0 radical (unpaired) electrons. The maximum atomic E-state index is 6.38. The Morgan fingerprint density at radius 1 is 0.760 bits per heavy atom. The molecule has 0 aromatic heterocycles. The van der Waals surface area contributed by atoms with Crippen molar-refractivity contribution >= 4 is 45.2 Å². The molecule has 3 rings (SSSR count). The Morgan fingerprint density at radius 3 is 1.60 bits per heavy atom. The number of aryl methyl sites for hydroxylation is 1. The van der Waals surface area contributed by atoms with E-state index in [1.807, 2.05) is 0 Å². The smallest absolute Gasteiger partial charge is 0.399 e. The van der Waals surface area contributed by atoms with Crippen LogP contribution < -0.4 is 15.8 Å². The van der Waals surface area contributed by atoms with Gasteiger partial charge < -0.3 is 9.31 Å². The van der Waals surface area contributed by atoms with Gasteiger partial charge in [0.1, 0.15) is 0 Å². The lowest BCUT2D eigenvalue weighted by Gasteiger charge is -2.40. The molecule has 138 valence electrons. The summed E-state index contributed by atoms with van der Waals surface area (Å²) in [6.45, 7) is 26.6. The Balaban J connectivity index is 2.14. The van der Waals surface area contributed by atoms with Gasteiger partial charge in [-0.15, -0.1) is 0 Å². The van der Waals surface area contributed by atoms with Crippen LogP contribution in [0, 0.1) is 6.92 Å². The summed E-state index contributed by atoms with van der Waals surface area (Å²) in [5.41, 5.74) is 2.04. The van der Waals surface area contributed by atoms with E-state index in [-0.39, 0.29) is 18.3 Å². The number of benzene rings is 1.